The molecular weight excluding hydrogens is 413 g/mol. The molecule has 162 valence electrons. The van der Waals surface area contributed by atoms with Gasteiger partial charge >= 0.3 is 12.1 Å². The van der Waals surface area contributed by atoms with Crippen LogP contribution in [0.4, 0.5) is 13.2 Å². The van der Waals surface area contributed by atoms with Gasteiger partial charge in [0.25, 0.3) is 0 Å². The number of nitrogens with one attached hydrogen (secondary N) is 2. The normalized spacial score (nSPS) is 21.9. The second-order valence-corrected chi connectivity index (χ2v) is 8.37. The van der Waals surface area contributed by atoms with Crippen LogP contribution in [0.1, 0.15) is 36.8 Å². The molecule has 30 heavy (non-hydrogen) atoms. The maximum atomic E-state index is 12.7. The van der Waals surface area contributed by atoms with E-state index in [-0.39, 0.29) is 6.54 Å². The molecule has 1 amide bonds. The lowest BCUT2D eigenvalue weighted by Gasteiger charge is -2.41. The van der Waals surface area contributed by atoms with E-state index in [2.05, 4.69) is 22.8 Å². The molecule has 0 radical (unpaired) electrons. The highest BCUT2D eigenvalue weighted by Crippen LogP contribution is 2.40. The summed E-state index contributed by atoms with van der Waals surface area (Å²) in [7, 11) is 0. The lowest BCUT2D eigenvalue weighted by Crippen LogP contribution is -2.49. The molecule has 0 aliphatic heterocycles. The van der Waals surface area contributed by atoms with Gasteiger partial charge in [0.15, 0.2) is 0 Å². The standard InChI is InChI=1S/C23H26ClF3N2O/c24-19-8-4-7-18(15-19)22(16-29-21(30)23(25,26)27)12-9-20(10-13-22)28-14-11-17-5-2-1-3-6-17/h1-8,15,20,28H,9-14,16H2,(H,29,30)/t20-,22-. The van der Waals surface area contributed by atoms with Gasteiger partial charge in [-0.05, 0) is 61.9 Å². The lowest BCUT2D eigenvalue weighted by molar-refractivity contribution is -0.173. The van der Waals surface area contributed by atoms with E-state index in [0.29, 0.717) is 23.9 Å². The van der Waals surface area contributed by atoms with Crippen molar-refractivity contribution in [1.82, 2.24) is 10.6 Å². The van der Waals surface area contributed by atoms with Crippen molar-refractivity contribution < 1.29 is 18.0 Å². The van der Waals surface area contributed by atoms with Crippen LogP contribution in [0.2, 0.25) is 5.02 Å². The van der Waals surface area contributed by atoms with Crippen molar-refractivity contribution >= 4 is 17.5 Å². The van der Waals surface area contributed by atoms with Crippen molar-refractivity contribution in [1.29, 1.82) is 0 Å². The summed E-state index contributed by atoms with van der Waals surface area (Å²) in [5.74, 6) is -1.90. The lowest BCUT2D eigenvalue weighted by atomic mass is 9.68. The quantitative estimate of drug-likeness (QED) is 0.636. The molecule has 1 fully saturated rings. The highest BCUT2D eigenvalue weighted by Gasteiger charge is 2.42. The first-order valence-electron chi connectivity index (χ1n) is 10.2. The van der Waals surface area contributed by atoms with Crippen LogP contribution in [0, 0.1) is 0 Å². The van der Waals surface area contributed by atoms with Crippen LogP contribution >= 0.6 is 11.6 Å². The number of carbonyl (C=O) groups is 1. The summed E-state index contributed by atoms with van der Waals surface area (Å²) in [4.78, 5) is 11.4. The highest BCUT2D eigenvalue weighted by atomic mass is 35.5. The molecule has 2 aromatic carbocycles. The number of hydrogen-bond donors (Lipinski definition) is 2. The molecule has 0 heterocycles. The van der Waals surface area contributed by atoms with Crippen molar-refractivity contribution in [2.75, 3.05) is 13.1 Å². The van der Waals surface area contributed by atoms with Gasteiger partial charge < -0.3 is 10.6 Å². The molecule has 0 unspecified atom stereocenters. The summed E-state index contributed by atoms with van der Waals surface area (Å²) in [5.41, 5.74) is 1.59. The first kappa shape index (κ1) is 22.6. The molecule has 0 atom stereocenters. The average Bonchev–Trinajstić information content (AvgIpc) is 2.73. The Balaban J connectivity index is 1.62. The molecule has 1 aliphatic rings. The number of hydrogen-bond acceptors (Lipinski definition) is 2. The van der Waals surface area contributed by atoms with Crippen molar-refractivity contribution in [2.24, 2.45) is 0 Å². The number of alkyl halides is 3. The Bertz CT molecular complexity index is 834. The Morgan fingerprint density at radius 1 is 1.07 bits per heavy atom. The van der Waals surface area contributed by atoms with Crippen LogP contribution in [0.5, 0.6) is 0 Å². The topological polar surface area (TPSA) is 41.1 Å². The molecule has 3 rings (SSSR count). The number of amides is 1. The third-order valence-corrected chi connectivity index (χ3v) is 6.15. The summed E-state index contributed by atoms with van der Waals surface area (Å²) in [5, 5.41) is 6.21. The van der Waals surface area contributed by atoms with Crippen LogP contribution in [-0.2, 0) is 16.6 Å². The molecule has 1 saturated carbocycles. The molecule has 2 aromatic rings. The van der Waals surface area contributed by atoms with Crippen molar-refractivity contribution in [3.8, 4) is 0 Å². The van der Waals surface area contributed by atoms with Gasteiger partial charge in [-0.1, -0.05) is 54.1 Å². The van der Waals surface area contributed by atoms with E-state index in [4.69, 9.17) is 11.6 Å². The molecule has 2 N–H and O–H groups in total. The Hall–Kier alpha value is -2.05. The van der Waals surface area contributed by atoms with Gasteiger partial charge in [-0.25, -0.2) is 0 Å². The van der Waals surface area contributed by atoms with E-state index in [0.717, 1.165) is 31.4 Å². The second-order valence-electron chi connectivity index (χ2n) is 7.94. The fourth-order valence-corrected chi connectivity index (χ4v) is 4.37. The summed E-state index contributed by atoms with van der Waals surface area (Å²) in [6.45, 7) is 0.798. The Kier molecular flexibility index (Phi) is 7.42. The minimum absolute atomic E-state index is 0.0532. The molecule has 3 nitrogen and oxygen atoms in total. The molecule has 0 bridgehead atoms. The monoisotopic (exact) mass is 438 g/mol. The van der Waals surface area contributed by atoms with Crippen LogP contribution in [0.15, 0.2) is 54.6 Å². The fraction of sp³-hybridized carbons (Fsp3) is 0.435. The van der Waals surface area contributed by atoms with Gasteiger partial charge in [-0.3, -0.25) is 4.79 Å². The van der Waals surface area contributed by atoms with Gasteiger partial charge in [0, 0.05) is 23.0 Å². The number of halogens is 4. The third-order valence-electron chi connectivity index (χ3n) is 5.91. The third kappa shape index (κ3) is 5.99. The molecule has 0 aromatic heterocycles. The Morgan fingerprint density at radius 2 is 1.77 bits per heavy atom. The molecule has 1 aliphatic carbocycles. The van der Waals surface area contributed by atoms with E-state index in [1.54, 1.807) is 18.2 Å². The Labute approximate surface area is 180 Å². The van der Waals surface area contributed by atoms with Crippen molar-refractivity contribution in [2.45, 2.75) is 49.7 Å². The SMILES string of the molecule is O=C(NC[C@]1(c2cccc(Cl)c2)CC[C@H](NCCc2ccccc2)CC1)C(F)(F)F. The molecule has 7 heteroatoms. The van der Waals surface area contributed by atoms with E-state index in [1.165, 1.54) is 5.56 Å². The van der Waals surface area contributed by atoms with Gasteiger partial charge in [-0.15, -0.1) is 0 Å². The average molecular weight is 439 g/mol. The predicted molar refractivity (Wildman–Crippen MR) is 113 cm³/mol. The smallest absolute Gasteiger partial charge is 0.347 e. The minimum atomic E-state index is -4.88. The first-order valence-corrected chi connectivity index (χ1v) is 10.5. The van der Waals surface area contributed by atoms with Crippen molar-refractivity contribution in [3.05, 3.63) is 70.7 Å². The van der Waals surface area contributed by atoms with Gasteiger partial charge in [0.1, 0.15) is 0 Å². The van der Waals surface area contributed by atoms with Crippen LogP contribution in [0.25, 0.3) is 0 Å². The van der Waals surface area contributed by atoms with Gasteiger partial charge in [0.2, 0.25) is 0 Å². The zero-order chi connectivity index (χ0) is 21.6. The zero-order valence-corrected chi connectivity index (χ0v) is 17.4. The zero-order valence-electron chi connectivity index (χ0n) is 16.6. The maximum absolute atomic E-state index is 12.7. The number of carbonyl (C=O) groups excluding carboxylic acids is 1. The molecular formula is C23H26ClF3N2O. The van der Waals surface area contributed by atoms with E-state index in [9.17, 15) is 18.0 Å². The van der Waals surface area contributed by atoms with Crippen LogP contribution in [-0.4, -0.2) is 31.2 Å². The maximum Gasteiger partial charge on any atom is 0.471 e. The number of rotatable bonds is 7. The highest BCUT2D eigenvalue weighted by molar-refractivity contribution is 6.30. The van der Waals surface area contributed by atoms with Crippen LogP contribution < -0.4 is 10.6 Å². The predicted octanol–water partition coefficient (Wildman–Crippen LogP) is 5.03. The second kappa shape index (κ2) is 9.84. The summed E-state index contributed by atoms with van der Waals surface area (Å²) < 4.78 is 38.1. The van der Waals surface area contributed by atoms with Crippen LogP contribution in [0.3, 0.4) is 0 Å². The van der Waals surface area contributed by atoms with E-state index >= 15 is 0 Å². The largest absolute Gasteiger partial charge is 0.471 e. The van der Waals surface area contributed by atoms with E-state index < -0.39 is 17.5 Å². The summed E-state index contributed by atoms with van der Waals surface area (Å²) in [6, 6.07) is 17.7. The summed E-state index contributed by atoms with van der Waals surface area (Å²) >= 11 is 6.14. The van der Waals surface area contributed by atoms with Crippen molar-refractivity contribution in [3.63, 3.8) is 0 Å². The van der Waals surface area contributed by atoms with Gasteiger partial charge in [0.05, 0.1) is 0 Å². The summed E-state index contributed by atoms with van der Waals surface area (Å²) in [6.07, 6.45) is -0.959. The first-order chi connectivity index (χ1) is 14.3. The molecule has 0 spiro atoms. The fourth-order valence-electron chi connectivity index (χ4n) is 4.18. The van der Waals surface area contributed by atoms with Gasteiger partial charge in [-0.2, -0.15) is 13.2 Å². The molecule has 0 saturated heterocycles. The Morgan fingerprint density at radius 3 is 2.40 bits per heavy atom. The minimum Gasteiger partial charge on any atom is -0.347 e. The van der Waals surface area contributed by atoms with E-state index in [1.807, 2.05) is 24.3 Å². The number of benzene rings is 2.